The van der Waals surface area contributed by atoms with Crippen molar-refractivity contribution in [3.05, 3.63) is 24.5 Å². The second-order valence-electron chi connectivity index (χ2n) is 3.62. The Balaban J connectivity index is 2.67. The van der Waals surface area contributed by atoms with Gasteiger partial charge in [0.25, 0.3) is 0 Å². The SMILES string of the molecule is CN(C(=O)N[C@H](CCO)C(=O)O)c1cccnc1. The highest BCUT2D eigenvalue weighted by molar-refractivity contribution is 5.93. The van der Waals surface area contributed by atoms with E-state index < -0.39 is 18.0 Å². The van der Waals surface area contributed by atoms with Gasteiger partial charge in [-0.05, 0) is 12.1 Å². The lowest BCUT2D eigenvalue weighted by Gasteiger charge is -2.20. The van der Waals surface area contributed by atoms with E-state index in [4.69, 9.17) is 10.2 Å². The van der Waals surface area contributed by atoms with E-state index in [9.17, 15) is 9.59 Å². The number of nitrogens with zero attached hydrogens (tertiary/aromatic N) is 2. The largest absolute Gasteiger partial charge is 0.480 e. The number of pyridine rings is 1. The molecular weight excluding hydrogens is 238 g/mol. The zero-order valence-electron chi connectivity index (χ0n) is 9.91. The minimum atomic E-state index is -1.18. The second-order valence-corrected chi connectivity index (χ2v) is 3.62. The number of aliphatic carboxylic acids is 1. The van der Waals surface area contributed by atoms with Crippen LogP contribution < -0.4 is 10.2 Å². The molecule has 3 N–H and O–H groups in total. The van der Waals surface area contributed by atoms with Crippen molar-refractivity contribution >= 4 is 17.7 Å². The molecule has 7 nitrogen and oxygen atoms in total. The Labute approximate surface area is 104 Å². The van der Waals surface area contributed by atoms with Crippen molar-refractivity contribution in [1.29, 1.82) is 0 Å². The molecule has 1 aromatic rings. The van der Waals surface area contributed by atoms with Crippen molar-refractivity contribution < 1.29 is 19.8 Å². The molecule has 0 fully saturated rings. The topological polar surface area (TPSA) is 103 Å². The van der Waals surface area contributed by atoms with Gasteiger partial charge in [0.1, 0.15) is 6.04 Å². The number of aliphatic hydroxyl groups is 1. The lowest BCUT2D eigenvalue weighted by molar-refractivity contribution is -0.139. The van der Waals surface area contributed by atoms with Crippen LogP contribution in [0.4, 0.5) is 10.5 Å². The Bertz CT molecular complexity index is 410. The molecule has 1 atom stereocenters. The quantitative estimate of drug-likeness (QED) is 0.688. The van der Waals surface area contributed by atoms with E-state index in [-0.39, 0.29) is 13.0 Å². The van der Waals surface area contributed by atoms with Crippen LogP contribution in [0.2, 0.25) is 0 Å². The molecule has 7 heteroatoms. The van der Waals surface area contributed by atoms with Gasteiger partial charge in [-0.25, -0.2) is 9.59 Å². The predicted octanol–water partition coefficient (Wildman–Crippen LogP) is 0.0630. The van der Waals surface area contributed by atoms with Gasteiger partial charge in [0, 0.05) is 26.3 Å². The smallest absolute Gasteiger partial charge is 0.326 e. The van der Waals surface area contributed by atoms with Crippen LogP contribution in [0.5, 0.6) is 0 Å². The van der Waals surface area contributed by atoms with Crippen LogP contribution >= 0.6 is 0 Å². The summed E-state index contributed by atoms with van der Waals surface area (Å²) in [5.74, 6) is -1.18. The fourth-order valence-electron chi connectivity index (χ4n) is 1.30. The number of carboxylic acids is 1. The zero-order chi connectivity index (χ0) is 13.5. The van der Waals surface area contributed by atoms with Gasteiger partial charge in [-0.3, -0.25) is 9.88 Å². The highest BCUT2D eigenvalue weighted by atomic mass is 16.4. The molecule has 0 aromatic carbocycles. The lowest BCUT2D eigenvalue weighted by Crippen LogP contribution is -2.47. The number of carbonyl (C=O) groups is 2. The number of aromatic nitrogens is 1. The molecule has 18 heavy (non-hydrogen) atoms. The summed E-state index contributed by atoms with van der Waals surface area (Å²) in [5, 5.41) is 19.9. The Morgan fingerprint density at radius 2 is 2.28 bits per heavy atom. The third-order valence-electron chi connectivity index (χ3n) is 2.35. The average molecular weight is 253 g/mol. The minimum absolute atomic E-state index is 0.0397. The molecule has 1 heterocycles. The second kappa shape index (κ2) is 6.55. The number of nitrogens with one attached hydrogen (secondary N) is 1. The summed E-state index contributed by atoms with van der Waals surface area (Å²) in [7, 11) is 1.50. The first-order valence-electron chi connectivity index (χ1n) is 5.34. The molecule has 1 rings (SSSR count). The fourth-order valence-corrected chi connectivity index (χ4v) is 1.30. The van der Waals surface area contributed by atoms with E-state index in [0.29, 0.717) is 5.69 Å². The average Bonchev–Trinajstić information content (AvgIpc) is 2.38. The molecule has 98 valence electrons. The maximum atomic E-state index is 11.8. The normalized spacial score (nSPS) is 11.7. The first kappa shape index (κ1) is 13.9. The van der Waals surface area contributed by atoms with E-state index in [1.807, 2.05) is 0 Å². The Kier molecular flexibility index (Phi) is 5.06. The van der Waals surface area contributed by atoms with Gasteiger partial charge in [-0.1, -0.05) is 0 Å². The summed E-state index contributed by atoms with van der Waals surface area (Å²) in [4.78, 5) is 27.7. The third kappa shape index (κ3) is 3.70. The standard InChI is InChI=1S/C11H15N3O4/c1-14(8-3-2-5-12-7-8)11(18)13-9(4-6-15)10(16)17/h2-3,5,7,9,15H,4,6H2,1H3,(H,13,18)(H,16,17)/t9-/m1/s1. The van der Waals surface area contributed by atoms with Crippen molar-refractivity contribution in [2.45, 2.75) is 12.5 Å². The summed E-state index contributed by atoms with van der Waals surface area (Å²) >= 11 is 0. The number of anilines is 1. The first-order valence-corrected chi connectivity index (χ1v) is 5.34. The van der Waals surface area contributed by atoms with Gasteiger partial charge in [0.05, 0.1) is 11.9 Å². The van der Waals surface area contributed by atoms with Gasteiger partial charge in [-0.15, -0.1) is 0 Å². The highest BCUT2D eigenvalue weighted by Crippen LogP contribution is 2.09. The molecular formula is C11H15N3O4. The van der Waals surface area contributed by atoms with E-state index in [1.165, 1.54) is 18.1 Å². The van der Waals surface area contributed by atoms with Gasteiger partial charge in [-0.2, -0.15) is 0 Å². The van der Waals surface area contributed by atoms with E-state index in [2.05, 4.69) is 10.3 Å². The van der Waals surface area contributed by atoms with Crippen LogP contribution in [-0.4, -0.2) is 46.9 Å². The minimum Gasteiger partial charge on any atom is -0.480 e. The number of hydrogen-bond acceptors (Lipinski definition) is 4. The van der Waals surface area contributed by atoms with Crippen molar-refractivity contribution in [2.24, 2.45) is 0 Å². The molecule has 0 saturated carbocycles. The lowest BCUT2D eigenvalue weighted by atomic mass is 10.2. The number of amides is 2. The van der Waals surface area contributed by atoms with Crippen molar-refractivity contribution in [2.75, 3.05) is 18.6 Å². The Morgan fingerprint density at radius 3 is 2.78 bits per heavy atom. The number of rotatable bonds is 5. The number of hydrogen-bond donors (Lipinski definition) is 3. The van der Waals surface area contributed by atoms with E-state index in [1.54, 1.807) is 18.3 Å². The molecule has 0 saturated heterocycles. The summed E-state index contributed by atoms with van der Waals surface area (Å²) in [6.07, 6.45) is 3.02. The maximum absolute atomic E-state index is 11.8. The Morgan fingerprint density at radius 1 is 1.56 bits per heavy atom. The molecule has 0 aliphatic heterocycles. The molecule has 1 aromatic heterocycles. The van der Waals surface area contributed by atoms with Crippen LogP contribution in [0, 0.1) is 0 Å². The Hall–Kier alpha value is -2.15. The van der Waals surface area contributed by atoms with Gasteiger partial charge in [0.15, 0.2) is 0 Å². The summed E-state index contributed by atoms with van der Waals surface area (Å²) in [6, 6.07) is 1.67. The summed E-state index contributed by atoms with van der Waals surface area (Å²) in [5.41, 5.74) is 0.545. The molecule has 0 radical (unpaired) electrons. The van der Waals surface area contributed by atoms with Gasteiger partial charge >= 0.3 is 12.0 Å². The molecule has 2 amide bonds. The first-order chi connectivity index (χ1) is 8.56. The van der Waals surface area contributed by atoms with Crippen molar-refractivity contribution in [3.8, 4) is 0 Å². The van der Waals surface area contributed by atoms with Crippen LogP contribution in [-0.2, 0) is 4.79 Å². The number of aliphatic hydroxyl groups excluding tert-OH is 1. The zero-order valence-corrected chi connectivity index (χ0v) is 9.91. The van der Waals surface area contributed by atoms with Crippen LogP contribution in [0.1, 0.15) is 6.42 Å². The monoisotopic (exact) mass is 253 g/mol. The fraction of sp³-hybridized carbons (Fsp3) is 0.364. The number of carboxylic acid groups (broad SMARTS) is 1. The van der Waals surface area contributed by atoms with Gasteiger partial charge in [0.2, 0.25) is 0 Å². The molecule has 0 bridgehead atoms. The van der Waals surface area contributed by atoms with Gasteiger partial charge < -0.3 is 15.5 Å². The van der Waals surface area contributed by atoms with E-state index >= 15 is 0 Å². The number of carbonyl (C=O) groups excluding carboxylic acids is 1. The number of urea groups is 1. The summed E-state index contributed by atoms with van der Waals surface area (Å²) in [6.45, 7) is -0.312. The predicted molar refractivity (Wildman–Crippen MR) is 64.3 cm³/mol. The molecule has 0 aliphatic carbocycles. The molecule has 0 aliphatic rings. The highest BCUT2D eigenvalue weighted by Gasteiger charge is 2.21. The third-order valence-corrected chi connectivity index (χ3v) is 2.35. The van der Waals surface area contributed by atoms with Crippen LogP contribution in [0.15, 0.2) is 24.5 Å². The molecule has 0 spiro atoms. The van der Waals surface area contributed by atoms with E-state index in [0.717, 1.165) is 0 Å². The van der Waals surface area contributed by atoms with Crippen molar-refractivity contribution in [1.82, 2.24) is 10.3 Å². The summed E-state index contributed by atoms with van der Waals surface area (Å²) < 4.78 is 0. The van der Waals surface area contributed by atoms with Crippen LogP contribution in [0.25, 0.3) is 0 Å². The van der Waals surface area contributed by atoms with Crippen LogP contribution in [0.3, 0.4) is 0 Å². The molecule has 0 unspecified atom stereocenters. The maximum Gasteiger partial charge on any atom is 0.326 e. The van der Waals surface area contributed by atoms with Crippen molar-refractivity contribution in [3.63, 3.8) is 0 Å².